The molecule has 0 aliphatic heterocycles. The molecule has 2 bridgehead atoms. The van der Waals surface area contributed by atoms with E-state index < -0.39 is 11.9 Å². The maximum Gasteiger partial charge on any atom is 0.433 e. The Morgan fingerprint density at radius 1 is 1.35 bits per heavy atom. The fraction of sp³-hybridized carbons (Fsp3) is 0.643. The fourth-order valence-electron chi connectivity index (χ4n) is 3.52. The van der Waals surface area contributed by atoms with E-state index in [1.165, 1.54) is 6.07 Å². The van der Waals surface area contributed by atoms with Crippen molar-refractivity contribution in [1.82, 2.24) is 4.98 Å². The number of hydrogen-bond acceptors (Lipinski definition) is 3. The first-order valence-electron chi connectivity index (χ1n) is 6.69. The fourth-order valence-corrected chi connectivity index (χ4v) is 3.52. The largest absolute Gasteiger partial charge is 0.493 e. The van der Waals surface area contributed by atoms with Crippen molar-refractivity contribution < 1.29 is 23.0 Å². The molecule has 6 heteroatoms. The van der Waals surface area contributed by atoms with E-state index >= 15 is 0 Å². The van der Waals surface area contributed by atoms with E-state index in [9.17, 15) is 18.3 Å². The molecule has 0 radical (unpaired) electrons. The summed E-state index contributed by atoms with van der Waals surface area (Å²) in [6, 6.07) is 2.37. The molecule has 0 amide bonds. The van der Waals surface area contributed by atoms with E-state index in [1.807, 2.05) is 0 Å². The summed E-state index contributed by atoms with van der Waals surface area (Å²) in [5, 5.41) is 9.32. The van der Waals surface area contributed by atoms with Gasteiger partial charge in [0.05, 0.1) is 6.61 Å². The normalized spacial score (nSPS) is 32.0. The highest BCUT2D eigenvalue weighted by Crippen LogP contribution is 2.61. The molecule has 1 atom stereocenters. The average molecular weight is 287 g/mol. The number of pyridine rings is 1. The van der Waals surface area contributed by atoms with Crippen LogP contribution < -0.4 is 4.74 Å². The second-order valence-corrected chi connectivity index (χ2v) is 5.98. The zero-order valence-electron chi connectivity index (χ0n) is 10.9. The van der Waals surface area contributed by atoms with Gasteiger partial charge in [-0.15, -0.1) is 0 Å². The summed E-state index contributed by atoms with van der Waals surface area (Å²) in [7, 11) is 0. The standard InChI is InChI=1S/C14H16F3NO2/c15-14(16,17)12-3-11(1-2-18-12)20-7-10-6-13(8-19)4-9(10)5-13/h1-3,9-10,19H,4-8H2/t9?,10-,13?/m0/s1. The lowest BCUT2D eigenvalue weighted by Gasteiger charge is -2.36. The molecule has 3 saturated carbocycles. The number of nitrogens with zero attached hydrogens (tertiary/aromatic N) is 1. The number of alkyl halides is 3. The van der Waals surface area contributed by atoms with Crippen molar-refractivity contribution in [3.63, 3.8) is 0 Å². The Kier molecular flexibility index (Phi) is 3.16. The Morgan fingerprint density at radius 3 is 2.70 bits per heavy atom. The van der Waals surface area contributed by atoms with E-state index in [2.05, 4.69) is 4.98 Å². The van der Waals surface area contributed by atoms with Gasteiger partial charge in [0.2, 0.25) is 0 Å². The van der Waals surface area contributed by atoms with Crippen LogP contribution in [0.5, 0.6) is 5.75 Å². The summed E-state index contributed by atoms with van der Waals surface area (Å²) < 4.78 is 43.1. The van der Waals surface area contributed by atoms with E-state index in [-0.39, 0.29) is 17.8 Å². The predicted molar refractivity (Wildman–Crippen MR) is 65.1 cm³/mol. The number of rotatable bonds is 4. The van der Waals surface area contributed by atoms with Gasteiger partial charge in [-0.1, -0.05) is 0 Å². The van der Waals surface area contributed by atoms with Gasteiger partial charge >= 0.3 is 6.18 Å². The number of halogens is 3. The van der Waals surface area contributed by atoms with Crippen molar-refractivity contribution in [2.24, 2.45) is 17.3 Å². The molecular formula is C14H16F3NO2. The molecule has 1 aromatic heterocycles. The second kappa shape index (κ2) is 4.62. The van der Waals surface area contributed by atoms with Crippen LogP contribution in [0.15, 0.2) is 18.3 Å². The van der Waals surface area contributed by atoms with Gasteiger partial charge in [0, 0.05) is 18.9 Å². The molecule has 3 aliphatic rings. The Bertz CT molecular complexity index is 497. The zero-order chi connectivity index (χ0) is 14.4. The lowest BCUT2D eigenvalue weighted by Crippen LogP contribution is -2.31. The molecule has 3 aliphatic carbocycles. The van der Waals surface area contributed by atoms with Crippen LogP contribution >= 0.6 is 0 Å². The topological polar surface area (TPSA) is 42.4 Å². The number of aliphatic hydroxyl groups excluding tert-OH is 1. The average Bonchev–Trinajstić information content (AvgIpc) is 2.90. The molecule has 1 N–H and O–H groups in total. The van der Waals surface area contributed by atoms with Gasteiger partial charge in [-0.05, 0) is 42.6 Å². The molecular weight excluding hydrogens is 271 g/mol. The lowest BCUT2D eigenvalue weighted by molar-refractivity contribution is -0.141. The molecule has 3 nitrogen and oxygen atoms in total. The Labute approximate surface area is 114 Å². The van der Waals surface area contributed by atoms with Crippen LogP contribution in [0.25, 0.3) is 0 Å². The van der Waals surface area contributed by atoms with Crippen LogP contribution in [0.4, 0.5) is 13.2 Å². The Balaban J connectivity index is 1.60. The molecule has 0 aromatic carbocycles. The van der Waals surface area contributed by atoms with Crippen molar-refractivity contribution >= 4 is 0 Å². The number of hydrogen-bond donors (Lipinski definition) is 1. The molecule has 1 heterocycles. The molecule has 4 rings (SSSR count). The maximum absolute atomic E-state index is 12.5. The summed E-state index contributed by atoms with van der Waals surface area (Å²) in [5.41, 5.74) is -0.869. The van der Waals surface area contributed by atoms with Gasteiger partial charge in [-0.2, -0.15) is 13.2 Å². The SMILES string of the molecule is OCC12CC(C1)[C@H](COc1ccnc(C(F)(F)F)c1)C2. The Hall–Kier alpha value is -1.30. The Morgan fingerprint density at radius 2 is 2.10 bits per heavy atom. The van der Waals surface area contributed by atoms with Crippen molar-refractivity contribution in [2.45, 2.75) is 25.4 Å². The monoisotopic (exact) mass is 287 g/mol. The van der Waals surface area contributed by atoms with Crippen molar-refractivity contribution in [1.29, 1.82) is 0 Å². The highest BCUT2D eigenvalue weighted by atomic mass is 19.4. The first-order chi connectivity index (χ1) is 9.42. The number of aromatic nitrogens is 1. The lowest BCUT2D eigenvalue weighted by atomic mass is 9.70. The smallest absolute Gasteiger partial charge is 0.433 e. The van der Waals surface area contributed by atoms with Gasteiger partial charge < -0.3 is 9.84 Å². The first kappa shape index (κ1) is 13.7. The second-order valence-electron chi connectivity index (χ2n) is 5.98. The summed E-state index contributed by atoms with van der Waals surface area (Å²) in [5.74, 6) is 1.09. The van der Waals surface area contributed by atoms with Gasteiger partial charge in [0.25, 0.3) is 0 Å². The van der Waals surface area contributed by atoms with E-state index in [0.717, 1.165) is 31.5 Å². The number of fused-ring (bicyclic) bond motifs is 1. The van der Waals surface area contributed by atoms with E-state index in [4.69, 9.17) is 4.74 Å². The highest BCUT2D eigenvalue weighted by Gasteiger charge is 2.55. The molecule has 0 spiro atoms. The summed E-state index contributed by atoms with van der Waals surface area (Å²) >= 11 is 0. The summed E-state index contributed by atoms with van der Waals surface area (Å²) in [6.07, 6.45) is -0.397. The van der Waals surface area contributed by atoms with Crippen LogP contribution in [-0.2, 0) is 6.18 Å². The minimum absolute atomic E-state index is 0.0636. The van der Waals surface area contributed by atoms with Gasteiger partial charge in [-0.25, -0.2) is 0 Å². The van der Waals surface area contributed by atoms with Crippen LogP contribution in [0, 0.1) is 17.3 Å². The predicted octanol–water partition coefficient (Wildman–Crippen LogP) is 2.89. The molecule has 1 aromatic rings. The molecule has 110 valence electrons. The minimum Gasteiger partial charge on any atom is -0.493 e. The van der Waals surface area contributed by atoms with Gasteiger partial charge in [0.1, 0.15) is 11.4 Å². The molecule has 20 heavy (non-hydrogen) atoms. The third-order valence-electron chi connectivity index (χ3n) is 4.57. The van der Waals surface area contributed by atoms with Crippen molar-refractivity contribution in [3.05, 3.63) is 24.0 Å². The maximum atomic E-state index is 12.5. The molecule has 0 unspecified atom stereocenters. The third-order valence-corrected chi connectivity index (χ3v) is 4.57. The van der Waals surface area contributed by atoms with Crippen LogP contribution in [0.2, 0.25) is 0 Å². The number of ether oxygens (including phenoxy) is 1. The quantitative estimate of drug-likeness (QED) is 0.926. The van der Waals surface area contributed by atoms with Crippen molar-refractivity contribution in [2.75, 3.05) is 13.2 Å². The van der Waals surface area contributed by atoms with E-state index in [0.29, 0.717) is 18.4 Å². The summed E-state index contributed by atoms with van der Waals surface area (Å²) in [4.78, 5) is 3.30. The first-order valence-corrected chi connectivity index (χ1v) is 6.69. The molecule has 0 saturated heterocycles. The highest BCUT2D eigenvalue weighted by molar-refractivity contribution is 5.24. The molecule has 3 fully saturated rings. The van der Waals surface area contributed by atoms with Crippen LogP contribution in [-0.4, -0.2) is 23.3 Å². The number of aliphatic hydroxyl groups is 1. The van der Waals surface area contributed by atoms with Gasteiger partial charge in [-0.3, -0.25) is 4.98 Å². The zero-order valence-corrected chi connectivity index (χ0v) is 10.9. The van der Waals surface area contributed by atoms with Crippen molar-refractivity contribution in [3.8, 4) is 5.75 Å². The van der Waals surface area contributed by atoms with Crippen LogP contribution in [0.3, 0.4) is 0 Å². The van der Waals surface area contributed by atoms with Gasteiger partial charge in [0.15, 0.2) is 0 Å². The minimum atomic E-state index is -4.45. The van der Waals surface area contributed by atoms with Crippen LogP contribution in [0.1, 0.15) is 25.0 Å². The third kappa shape index (κ3) is 2.37. The summed E-state index contributed by atoms with van der Waals surface area (Å²) in [6.45, 7) is 0.612. The van der Waals surface area contributed by atoms with E-state index in [1.54, 1.807) is 0 Å².